The predicted molar refractivity (Wildman–Crippen MR) is 160 cm³/mol. The molecule has 0 saturated carbocycles. The number of methoxy groups -OCH3 is 1. The molecule has 1 amide bonds. The maximum Gasteiger partial charge on any atom is 0.250 e. The van der Waals surface area contributed by atoms with E-state index in [1.807, 2.05) is 18.2 Å². The lowest BCUT2D eigenvalue weighted by Crippen LogP contribution is -2.37. The molecular formula is C28H41N7O5S. The Morgan fingerprint density at radius 2 is 1.93 bits per heavy atom. The van der Waals surface area contributed by atoms with Gasteiger partial charge in [0.15, 0.2) is 0 Å². The lowest BCUT2D eigenvalue weighted by molar-refractivity contribution is -0.120. The van der Waals surface area contributed by atoms with Crippen LogP contribution in [0.4, 0.5) is 11.4 Å². The van der Waals surface area contributed by atoms with Crippen LogP contribution >= 0.6 is 0 Å². The molecule has 1 saturated heterocycles. The minimum absolute atomic E-state index is 0.0198. The zero-order chi connectivity index (χ0) is 30.0. The highest BCUT2D eigenvalue weighted by Gasteiger charge is 2.26. The van der Waals surface area contributed by atoms with E-state index in [1.54, 1.807) is 19.1 Å². The van der Waals surface area contributed by atoms with Crippen molar-refractivity contribution in [1.29, 1.82) is 0 Å². The van der Waals surface area contributed by atoms with Gasteiger partial charge in [0.2, 0.25) is 15.9 Å². The number of nitrogens with one attached hydrogen (secondary N) is 1. The van der Waals surface area contributed by atoms with Crippen LogP contribution in [-0.4, -0.2) is 91.2 Å². The van der Waals surface area contributed by atoms with E-state index in [1.165, 1.54) is 14.2 Å². The van der Waals surface area contributed by atoms with Crippen LogP contribution in [0.1, 0.15) is 24.0 Å². The molecule has 1 aliphatic rings. The topological polar surface area (TPSA) is 140 Å². The molecule has 2 aromatic rings. The van der Waals surface area contributed by atoms with Gasteiger partial charge in [-0.15, -0.1) is 0 Å². The predicted octanol–water partition coefficient (Wildman–Crippen LogP) is 3.87. The van der Waals surface area contributed by atoms with Crippen molar-refractivity contribution >= 4 is 27.3 Å². The fourth-order valence-electron chi connectivity index (χ4n) is 5.02. The second-order valence-electron chi connectivity index (χ2n) is 10.5. The molecule has 1 heterocycles. The molecule has 224 valence electrons. The first-order valence-corrected chi connectivity index (χ1v) is 15.0. The van der Waals surface area contributed by atoms with E-state index in [0.29, 0.717) is 28.5 Å². The Morgan fingerprint density at radius 1 is 1.20 bits per heavy atom. The first kappa shape index (κ1) is 32.2. The maximum atomic E-state index is 13.3. The Hall–Kier alpha value is -3.35. The largest absolute Gasteiger partial charge is 0.497 e. The molecule has 41 heavy (non-hydrogen) atoms. The molecular weight excluding hydrogens is 546 g/mol. The second kappa shape index (κ2) is 15.0. The summed E-state index contributed by atoms with van der Waals surface area (Å²) in [6.45, 7) is 4.43. The van der Waals surface area contributed by atoms with Crippen LogP contribution in [-0.2, 0) is 26.1 Å². The number of likely N-dealkylation sites (N-methyl/N-ethyl adjacent to an activating group) is 1. The number of anilines is 2. The molecule has 0 bridgehead atoms. The Bertz CT molecular complexity index is 1340. The summed E-state index contributed by atoms with van der Waals surface area (Å²) in [7, 11) is 3.21. The SMILES string of the molecule is COc1cc(C)c(S(=O)(=O)N(C)CCOCC(=O)Nc2cccc(N3CCC(CN(C)C)CC3)c2)c(CN=[N+]=[N-])c1. The molecule has 0 aromatic heterocycles. The van der Waals surface area contributed by atoms with E-state index in [9.17, 15) is 13.2 Å². The average Bonchev–Trinajstić information content (AvgIpc) is 2.93. The number of azide groups is 1. The molecule has 2 aromatic carbocycles. The van der Waals surface area contributed by atoms with Gasteiger partial charge in [-0.25, -0.2) is 8.42 Å². The van der Waals surface area contributed by atoms with Gasteiger partial charge in [0.25, 0.3) is 0 Å². The smallest absolute Gasteiger partial charge is 0.250 e. The number of benzene rings is 2. The number of sulfonamides is 1. The van der Waals surface area contributed by atoms with Crippen LogP contribution in [0.2, 0.25) is 0 Å². The third-order valence-corrected chi connectivity index (χ3v) is 9.15. The van der Waals surface area contributed by atoms with Crippen molar-refractivity contribution < 1.29 is 22.7 Å². The van der Waals surface area contributed by atoms with Crippen molar-refractivity contribution in [3.8, 4) is 5.75 Å². The summed E-state index contributed by atoms with van der Waals surface area (Å²) >= 11 is 0. The van der Waals surface area contributed by atoms with Crippen molar-refractivity contribution in [2.45, 2.75) is 31.2 Å². The van der Waals surface area contributed by atoms with Crippen molar-refractivity contribution in [1.82, 2.24) is 9.21 Å². The molecule has 0 unspecified atom stereocenters. The summed E-state index contributed by atoms with van der Waals surface area (Å²) in [6.07, 6.45) is 2.28. The first-order chi connectivity index (χ1) is 19.5. The number of nitrogens with zero attached hydrogens (tertiary/aromatic N) is 6. The third kappa shape index (κ3) is 9.07. The van der Waals surface area contributed by atoms with Crippen LogP contribution in [0.3, 0.4) is 0 Å². The molecule has 3 rings (SSSR count). The number of hydrogen-bond donors (Lipinski definition) is 1. The molecule has 0 aliphatic carbocycles. The fourth-order valence-corrected chi connectivity index (χ4v) is 6.57. The highest BCUT2D eigenvalue weighted by molar-refractivity contribution is 7.89. The number of hydrogen-bond acceptors (Lipinski definition) is 8. The second-order valence-corrected chi connectivity index (χ2v) is 12.5. The number of rotatable bonds is 14. The lowest BCUT2D eigenvalue weighted by Gasteiger charge is -2.34. The molecule has 0 spiro atoms. The van der Waals surface area contributed by atoms with Crippen LogP contribution in [0.5, 0.6) is 5.75 Å². The molecule has 12 nitrogen and oxygen atoms in total. The van der Waals surface area contributed by atoms with Crippen LogP contribution in [0.25, 0.3) is 10.4 Å². The van der Waals surface area contributed by atoms with Gasteiger partial charge < -0.3 is 24.6 Å². The van der Waals surface area contributed by atoms with Gasteiger partial charge in [-0.3, -0.25) is 4.79 Å². The van der Waals surface area contributed by atoms with E-state index < -0.39 is 10.0 Å². The lowest BCUT2D eigenvalue weighted by atomic mass is 9.96. The van der Waals surface area contributed by atoms with Gasteiger partial charge in [-0.1, -0.05) is 11.2 Å². The molecule has 1 aliphatic heterocycles. The molecule has 0 atom stereocenters. The van der Waals surface area contributed by atoms with E-state index in [0.717, 1.165) is 42.5 Å². The number of amides is 1. The zero-order valence-electron chi connectivity index (χ0n) is 24.5. The summed E-state index contributed by atoms with van der Waals surface area (Å²) in [5.74, 6) is 0.854. The Labute approximate surface area is 242 Å². The number of ether oxygens (including phenoxy) is 2. The Morgan fingerprint density at radius 3 is 2.59 bits per heavy atom. The van der Waals surface area contributed by atoms with Gasteiger partial charge >= 0.3 is 0 Å². The first-order valence-electron chi connectivity index (χ1n) is 13.6. The number of carbonyl (C=O) groups is 1. The van der Waals surface area contributed by atoms with E-state index in [-0.39, 0.29) is 37.1 Å². The Balaban J connectivity index is 1.51. The zero-order valence-corrected chi connectivity index (χ0v) is 25.4. The Kier molecular flexibility index (Phi) is 11.8. The third-order valence-electron chi connectivity index (χ3n) is 7.05. The van der Waals surface area contributed by atoms with E-state index in [2.05, 4.69) is 45.3 Å². The van der Waals surface area contributed by atoms with Crippen LogP contribution < -0.4 is 15.0 Å². The maximum absolute atomic E-state index is 13.3. The normalized spacial score (nSPS) is 14.3. The van der Waals surface area contributed by atoms with Gasteiger partial charge in [0.05, 0.1) is 25.2 Å². The van der Waals surface area contributed by atoms with Crippen molar-refractivity contribution in [3.05, 3.63) is 58.0 Å². The van der Waals surface area contributed by atoms with Gasteiger partial charge in [-0.05, 0) is 86.8 Å². The summed E-state index contributed by atoms with van der Waals surface area (Å²) in [4.78, 5) is 19.9. The molecule has 1 N–H and O–H groups in total. The summed E-state index contributed by atoms with van der Waals surface area (Å²) in [5, 5.41) is 6.40. The summed E-state index contributed by atoms with van der Waals surface area (Å²) in [5.41, 5.74) is 11.3. The number of aryl methyl sites for hydroxylation is 1. The van der Waals surface area contributed by atoms with Crippen molar-refractivity contribution in [3.63, 3.8) is 0 Å². The monoisotopic (exact) mass is 587 g/mol. The quantitative estimate of drug-likeness (QED) is 0.153. The van der Waals surface area contributed by atoms with Crippen LogP contribution in [0, 0.1) is 12.8 Å². The van der Waals surface area contributed by atoms with Crippen LogP contribution in [0.15, 0.2) is 46.4 Å². The van der Waals surface area contributed by atoms with E-state index in [4.69, 9.17) is 15.0 Å². The fraction of sp³-hybridized carbons (Fsp3) is 0.536. The summed E-state index contributed by atoms with van der Waals surface area (Å²) < 4.78 is 38.6. The van der Waals surface area contributed by atoms with Crippen molar-refractivity contribution in [2.75, 3.05) is 77.9 Å². The highest BCUT2D eigenvalue weighted by atomic mass is 32.2. The van der Waals surface area contributed by atoms with Gasteiger partial charge in [0, 0.05) is 49.5 Å². The summed E-state index contributed by atoms with van der Waals surface area (Å²) in [6, 6.07) is 10.9. The molecule has 13 heteroatoms. The minimum atomic E-state index is -3.92. The highest BCUT2D eigenvalue weighted by Crippen LogP contribution is 2.29. The van der Waals surface area contributed by atoms with E-state index >= 15 is 0 Å². The molecule has 1 fully saturated rings. The average molecular weight is 588 g/mol. The number of carbonyl (C=O) groups excluding carboxylic acids is 1. The molecule has 0 radical (unpaired) electrons. The van der Waals surface area contributed by atoms with Gasteiger partial charge in [-0.2, -0.15) is 4.31 Å². The van der Waals surface area contributed by atoms with Gasteiger partial charge in [0.1, 0.15) is 12.4 Å². The van der Waals surface area contributed by atoms with Crippen molar-refractivity contribution in [2.24, 2.45) is 11.0 Å². The standard InChI is InChI=1S/C28H41N7O5S/c1-21-15-26(39-5)16-23(18-30-32-29)28(21)41(37,38)34(4)13-14-40-20-27(36)31-24-7-6-8-25(17-24)35-11-9-22(10-12-35)19-33(2)3/h6-8,15-17,22H,9-14,18-20H2,1-5H3,(H,31,36). The number of piperidine rings is 1. The minimum Gasteiger partial charge on any atom is -0.497 e.